The van der Waals surface area contributed by atoms with Crippen LogP contribution in [0.15, 0.2) is 71.8 Å². The molecule has 1 aromatic heterocycles. The number of ether oxygens (including phenoxy) is 1. The molecule has 32 heavy (non-hydrogen) atoms. The van der Waals surface area contributed by atoms with Crippen molar-refractivity contribution in [2.75, 3.05) is 25.1 Å². The van der Waals surface area contributed by atoms with Gasteiger partial charge in [-0.15, -0.1) is 10.2 Å². The zero-order valence-electron chi connectivity index (χ0n) is 18.2. The fraction of sp³-hybridized carbons (Fsp3) is 0.320. The number of methoxy groups -OCH3 is 1. The lowest BCUT2D eigenvalue weighted by molar-refractivity contribution is -0.125. The molecule has 0 spiro atoms. The minimum absolute atomic E-state index is 0.0228. The van der Waals surface area contributed by atoms with Crippen LogP contribution in [0, 0.1) is 5.92 Å². The molecule has 7 heteroatoms. The number of piperidine rings is 1. The predicted molar refractivity (Wildman–Crippen MR) is 128 cm³/mol. The van der Waals surface area contributed by atoms with Crippen molar-refractivity contribution < 1.29 is 9.53 Å². The number of carbonyl (C=O) groups is 1. The van der Waals surface area contributed by atoms with Gasteiger partial charge in [-0.05, 0) is 36.6 Å². The summed E-state index contributed by atoms with van der Waals surface area (Å²) in [6.07, 6.45) is 1.62. The van der Waals surface area contributed by atoms with E-state index in [1.807, 2.05) is 54.6 Å². The van der Waals surface area contributed by atoms with Crippen LogP contribution in [0.25, 0.3) is 0 Å². The number of anilines is 1. The van der Waals surface area contributed by atoms with Gasteiger partial charge in [0, 0.05) is 36.9 Å². The SMILES string of the molecule is COc1ccccc1CNC(=O)C1CCN(c2ccc(SCc3ccccc3)nn2)CC1. The summed E-state index contributed by atoms with van der Waals surface area (Å²) in [5.41, 5.74) is 2.26. The molecular formula is C25H28N4O2S. The normalized spacial score (nSPS) is 14.2. The molecule has 4 rings (SSSR count). The number of nitrogens with zero attached hydrogens (tertiary/aromatic N) is 3. The van der Waals surface area contributed by atoms with E-state index in [1.54, 1.807) is 18.9 Å². The first kappa shape index (κ1) is 22.1. The Morgan fingerprint density at radius 3 is 2.50 bits per heavy atom. The van der Waals surface area contributed by atoms with Crippen LogP contribution in [0.1, 0.15) is 24.0 Å². The Hall–Kier alpha value is -3.06. The third-order valence-electron chi connectivity index (χ3n) is 5.69. The third kappa shape index (κ3) is 5.79. The van der Waals surface area contributed by atoms with Crippen molar-refractivity contribution in [3.05, 3.63) is 77.9 Å². The molecule has 0 unspecified atom stereocenters. The van der Waals surface area contributed by atoms with Crippen LogP contribution < -0.4 is 15.0 Å². The Kier molecular flexibility index (Phi) is 7.61. The van der Waals surface area contributed by atoms with Crippen molar-refractivity contribution in [2.45, 2.75) is 30.2 Å². The molecule has 1 amide bonds. The molecule has 1 aliphatic rings. The summed E-state index contributed by atoms with van der Waals surface area (Å²) in [4.78, 5) is 14.9. The molecule has 0 aliphatic carbocycles. The second-order valence-electron chi connectivity index (χ2n) is 7.80. The van der Waals surface area contributed by atoms with Crippen molar-refractivity contribution in [1.29, 1.82) is 0 Å². The van der Waals surface area contributed by atoms with E-state index in [4.69, 9.17) is 4.74 Å². The van der Waals surface area contributed by atoms with E-state index in [0.29, 0.717) is 6.54 Å². The molecule has 6 nitrogen and oxygen atoms in total. The lowest BCUT2D eigenvalue weighted by Gasteiger charge is -2.31. The minimum Gasteiger partial charge on any atom is -0.496 e. The smallest absolute Gasteiger partial charge is 0.223 e. The summed E-state index contributed by atoms with van der Waals surface area (Å²) in [6, 6.07) is 22.2. The van der Waals surface area contributed by atoms with Crippen LogP contribution in [0.4, 0.5) is 5.82 Å². The van der Waals surface area contributed by atoms with Gasteiger partial charge in [-0.3, -0.25) is 4.79 Å². The van der Waals surface area contributed by atoms with Crippen LogP contribution in [0.3, 0.4) is 0 Å². The first-order chi connectivity index (χ1) is 15.7. The van der Waals surface area contributed by atoms with Crippen molar-refractivity contribution in [3.8, 4) is 5.75 Å². The number of hydrogen-bond donors (Lipinski definition) is 1. The molecule has 1 fully saturated rings. The van der Waals surface area contributed by atoms with Gasteiger partial charge in [-0.1, -0.05) is 60.3 Å². The van der Waals surface area contributed by atoms with E-state index in [-0.39, 0.29) is 11.8 Å². The molecule has 0 bridgehead atoms. The molecule has 3 aromatic rings. The summed E-state index contributed by atoms with van der Waals surface area (Å²) >= 11 is 1.69. The van der Waals surface area contributed by atoms with E-state index in [2.05, 4.69) is 32.5 Å². The van der Waals surface area contributed by atoms with Crippen LogP contribution in [-0.4, -0.2) is 36.3 Å². The first-order valence-electron chi connectivity index (χ1n) is 10.9. The van der Waals surface area contributed by atoms with E-state index in [1.165, 1.54) is 5.56 Å². The number of thioether (sulfide) groups is 1. The van der Waals surface area contributed by atoms with Crippen molar-refractivity contribution in [3.63, 3.8) is 0 Å². The zero-order chi connectivity index (χ0) is 22.2. The van der Waals surface area contributed by atoms with Crippen molar-refractivity contribution in [1.82, 2.24) is 15.5 Å². The molecule has 1 aliphatic heterocycles. The summed E-state index contributed by atoms with van der Waals surface area (Å²) in [6.45, 7) is 2.09. The molecule has 0 saturated carbocycles. The van der Waals surface area contributed by atoms with Gasteiger partial charge < -0.3 is 15.0 Å². The van der Waals surface area contributed by atoms with Crippen LogP contribution in [0.5, 0.6) is 5.75 Å². The van der Waals surface area contributed by atoms with Gasteiger partial charge in [-0.2, -0.15) is 0 Å². The van der Waals surface area contributed by atoms with E-state index in [9.17, 15) is 4.79 Å². The highest BCUT2D eigenvalue weighted by Crippen LogP contribution is 2.25. The van der Waals surface area contributed by atoms with Crippen molar-refractivity contribution in [2.24, 2.45) is 5.92 Å². The van der Waals surface area contributed by atoms with Crippen LogP contribution >= 0.6 is 11.8 Å². The number of rotatable bonds is 8. The zero-order valence-corrected chi connectivity index (χ0v) is 19.1. The molecule has 0 atom stereocenters. The van der Waals surface area contributed by atoms with Gasteiger partial charge in [-0.25, -0.2) is 0 Å². The lowest BCUT2D eigenvalue weighted by Crippen LogP contribution is -2.40. The van der Waals surface area contributed by atoms with Gasteiger partial charge in [0.25, 0.3) is 0 Å². The van der Waals surface area contributed by atoms with E-state index in [0.717, 1.165) is 53.8 Å². The maximum absolute atomic E-state index is 12.6. The molecule has 2 aromatic carbocycles. The maximum Gasteiger partial charge on any atom is 0.223 e. The molecular weight excluding hydrogens is 420 g/mol. The maximum atomic E-state index is 12.6. The Bertz CT molecular complexity index is 1010. The number of carbonyl (C=O) groups excluding carboxylic acids is 1. The number of aromatic nitrogens is 2. The fourth-order valence-electron chi connectivity index (χ4n) is 3.84. The lowest BCUT2D eigenvalue weighted by atomic mass is 9.96. The number of hydrogen-bond acceptors (Lipinski definition) is 6. The third-order valence-corrected chi connectivity index (χ3v) is 6.68. The minimum atomic E-state index is 0.0228. The fourth-order valence-corrected chi connectivity index (χ4v) is 4.61. The van der Waals surface area contributed by atoms with Crippen LogP contribution in [-0.2, 0) is 17.1 Å². The van der Waals surface area contributed by atoms with Crippen molar-refractivity contribution >= 4 is 23.5 Å². The molecule has 0 radical (unpaired) electrons. The summed E-state index contributed by atoms with van der Waals surface area (Å²) in [7, 11) is 1.65. The number of benzene rings is 2. The molecule has 2 heterocycles. The van der Waals surface area contributed by atoms with Crippen LogP contribution in [0.2, 0.25) is 0 Å². The Labute approximate surface area is 193 Å². The monoisotopic (exact) mass is 448 g/mol. The average Bonchev–Trinajstić information content (AvgIpc) is 2.87. The molecule has 1 saturated heterocycles. The highest BCUT2D eigenvalue weighted by Gasteiger charge is 2.25. The highest BCUT2D eigenvalue weighted by atomic mass is 32.2. The van der Waals surface area contributed by atoms with E-state index >= 15 is 0 Å². The van der Waals surface area contributed by atoms with Gasteiger partial charge in [0.05, 0.1) is 7.11 Å². The Balaban J connectivity index is 1.23. The average molecular weight is 449 g/mol. The highest BCUT2D eigenvalue weighted by molar-refractivity contribution is 7.98. The Morgan fingerprint density at radius 1 is 1.03 bits per heavy atom. The number of amides is 1. The Morgan fingerprint density at radius 2 is 1.78 bits per heavy atom. The number of nitrogens with one attached hydrogen (secondary N) is 1. The van der Waals surface area contributed by atoms with Gasteiger partial charge >= 0.3 is 0 Å². The topological polar surface area (TPSA) is 67.3 Å². The predicted octanol–water partition coefficient (Wildman–Crippen LogP) is 4.31. The molecule has 1 N–H and O–H groups in total. The van der Waals surface area contributed by atoms with Gasteiger partial charge in [0.1, 0.15) is 10.8 Å². The summed E-state index contributed by atoms with van der Waals surface area (Å²) < 4.78 is 5.36. The van der Waals surface area contributed by atoms with E-state index < -0.39 is 0 Å². The quantitative estimate of drug-likeness (QED) is 0.518. The first-order valence-corrected chi connectivity index (χ1v) is 11.9. The second kappa shape index (κ2) is 11.0. The second-order valence-corrected chi connectivity index (χ2v) is 8.79. The summed E-state index contributed by atoms with van der Waals surface area (Å²) in [5, 5.41) is 12.8. The van der Waals surface area contributed by atoms with Gasteiger partial charge in [0.15, 0.2) is 5.82 Å². The summed E-state index contributed by atoms with van der Waals surface area (Å²) in [5.74, 6) is 2.68. The molecule has 166 valence electrons. The standard InChI is InChI=1S/C25H28N4O2S/c1-31-22-10-6-5-9-21(22)17-26-25(30)20-13-15-29(16-14-20)23-11-12-24(28-27-23)32-18-19-7-3-2-4-8-19/h2-12,20H,13-18H2,1H3,(H,26,30). The van der Waals surface area contributed by atoms with Gasteiger partial charge in [0.2, 0.25) is 5.91 Å². The largest absolute Gasteiger partial charge is 0.496 e. The number of para-hydroxylation sites is 1.